The Labute approximate surface area is 123 Å². The number of nitrogens with two attached hydrogens (primary N) is 1. The Hall–Kier alpha value is -3.35. The summed E-state index contributed by atoms with van der Waals surface area (Å²) in [4.78, 5) is 29.2. The minimum atomic E-state index is -0.310. The van der Waals surface area contributed by atoms with Crippen LogP contribution in [-0.2, 0) is 0 Å². The van der Waals surface area contributed by atoms with Crippen LogP contribution in [-0.4, -0.2) is 19.7 Å². The van der Waals surface area contributed by atoms with E-state index >= 15 is 0 Å². The average Bonchev–Trinajstić information content (AvgIpc) is 2.86. The number of nitrogen functional groups attached to an aromatic ring is 1. The Morgan fingerprint density at radius 2 is 1.82 bits per heavy atom. The zero-order valence-electron chi connectivity index (χ0n) is 11.3. The molecule has 3 aromatic heterocycles. The minimum Gasteiger partial charge on any atom is -0.383 e. The first-order valence-electron chi connectivity index (χ1n) is 6.64. The number of aromatic nitrogens is 4. The maximum atomic E-state index is 12.3. The summed E-state index contributed by atoms with van der Waals surface area (Å²) in [7, 11) is 0. The summed E-state index contributed by atoms with van der Waals surface area (Å²) in [6.45, 7) is 0. The molecule has 4 rings (SSSR count). The van der Waals surface area contributed by atoms with Gasteiger partial charge < -0.3 is 15.7 Å². The third kappa shape index (κ3) is 1.65. The number of fused-ring (bicyclic) bond motifs is 3. The molecular formula is C15H11N5O2. The maximum Gasteiger partial charge on any atom is 0.261 e. The third-order valence-electron chi connectivity index (χ3n) is 3.56. The van der Waals surface area contributed by atoms with Crippen LogP contribution in [0.1, 0.15) is 0 Å². The normalized spacial score (nSPS) is 11.3. The fourth-order valence-corrected chi connectivity index (χ4v) is 2.57. The molecule has 0 aliphatic heterocycles. The molecule has 7 nitrogen and oxygen atoms in total. The van der Waals surface area contributed by atoms with E-state index in [1.165, 1.54) is 10.7 Å². The van der Waals surface area contributed by atoms with E-state index in [0.717, 1.165) is 5.39 Å². The highest BCUT2D eigenvalue weighted by molar-refractivity contribution is 6.06. The zero-order chi connectivity index (χ0) is 15.3. The van der Waals surface area contributed by atoms with Gasteiger partial charge in [-0.25, -0.2) is 0 Å². The third-order valence-corrected chi connectivity index (χ3v) is 3.56. The molecule has 3 heterocycles. The Morgan fingerprint density at radius 3 is 2.64 bits per heavy atom. The number of pyridine rings is 2. The molecule has 0 spiro atoms. The van der Waals surface area contributed by atoms with E-state index in [1.54, 1.807) is 18.2 Å². The number of H-pyrrole nitrogens is 2. The lowest BCUT2D eigenvalue weighted by atomic mass is 10.1. The number of benzene rings is 1. The lowest BCUT2D eigenvalue weighted by molar-refractivity contribution is 0.865. The lowest BCUT2D eigenvalue weighted by Crippen LogP contribution is -2.12. The fraction of sp³-hybridized carbons (Fsp3) is 0. The number of nitrogens with zero attached hydrogens (tertiary/aromatic N) is 2. The van der Waals surface area contributed by atoms with Crippen LogP contribution in [0.3, 0.4) is 0 Å². The molecule has 0 fully saturated rings. The van der Waals surface area contributed by atoms with Crippen LogP contribution in [0.2, 0.25) is 0 Å². The largest absolute Gasteiger partial charge is 0.383 e. The van der Waals surface area contributed by atoms with Crippen molar-refractivity contribution in [3.05, 3.63) is 63.2 Å². The SMILES string of the molecule is Nc1c2c(=O)[nH]c3ccccc3c2nn1-c1cccc(=O)[nH]1. The van der Waals surface area contributed by atoms with Crippen molar-refractivity contribution in [2.24, 2.45) is 0 Å². The van der Waals surface area contributed by atoms with Gasteiger partial charge in [0.15, 0.2) is 0 Å². The topological polar surface area (TPSA) is 110 Å². The van der Waals surface area contributed by atoms with Crippen LogP contribution >= 0.6 is 0 Å². The highest BCUT2D eigenvalue weighted by Gasteiger charge is 2.16. The molecule has 0 saturated carbocycles. The van der Waals surface area contributed by atoms with E-state index in [0.29, 0.717) is 22.2 Å². The molecule has 108 valence electrons. The van der Waals surface area contributed by atoms with Crippen LogP contribution < -0.4 is 16.9 Å². The lowest BCUT2D eigenvalue weighted by Gasteiger charge is -2.01. The highest BCUT2D eigenvalue weighted by Crippen LogP contribution is 2.25. The molecule has 4 N–H and O–H groups in total. The molecule has 0 atom stereocenters. The quantitative estimate of drug-likeness (QED) is 0.488. The van der Waals surface area contributed by atoms with Gasteiger partial charge in [-0.2, -0.15) is 9.78 Å². The number of anilines is 1. The van der Waals surface area contributed by atoms with E-state index in [2.05, 4.69) is 15.1 Å². The fourth-order valence-electron chi connectivity index (χ4n) is 2.57. The summed E-state index contributed by atoms with van der Waals surface area (Å²) < 4.78 is 1.37. The second-order valence-electron chi connectivity index (χ2n) is 4.92. The van der Waals surface area contributed by atoms with E-state index in [-0.39, 0.29) is 16.9 Å². The van der Waals surface area contributed by atoms with Gasteiger partial charge in [0.1, 0.15) is 22.5 Å². The predicted molar refractivity (Wildman–Crippen MR) is 84.2 cm³/mol. The number of para-hydroxylation sites is 1. The second-order valence-corrected chi connectivity index (χ2v) is 4.92. The summed E-state index contributed by atoms with van der Waals surface area (Å²) in [6, 6.07) is 12.0. The van der Waals surface area contributed by atoms with Crippen molar-refractivity contribution < 1.29 is 0 Å². The Balaban J connectivity index is 2.17. The van der Waals surface area contributed by atoms with Gasteiger partial charge in [-0.15, -0.1) is 0 Å². The molecule has 4 aromatic rings. The summed E-state index contributed by atoms with van der Waals surface area (Å²) in [5, 5.41) is 5.52. The first-order valence-corrected chi connectivity index (χ1v) is 6.64. The van der Waals surface area contributed by atoms with Crippen LogP contribution in [0.25, 0.3) is 27.6 Å². The monoisotopic (exact) mass is 293 g/mol. The molecule has 0 amide bonds. The van der Waals surface area contributed by atoms with Gasteiger partial charge in [-0.3, -0.25) is 9.59 Å². The van der Waals surface area contributed by atoms with Crippen molar-refractivity contribution in [1.82, 2.24) is 19.7 Å². The first-order chi connectivity index (χ1) is 10.6. The summed E-state index contributed by atoms with van der Waals surface area (Å²) in [5.74, 6) is 0.591. The molecule has 0 aliphatic carbocycles. The molecule has 0 radical (unpaired) electrons. The van der Waals surface area contributed by atoms with Gasteiger partial charge in [0.05, 0.1) is 5.52 Å². The predicted octanol–water partition coefficient (Wildman–Crippen LogP) is 1.14. The zero-order valence-corrected chi connectivity index (χ0v) is 11.3. The number of hydrogen-bond acceptors (Lipinski definition) is 4. The van der Waals surface area contributed by atoms with Crippen molar-refractivity contribution in [2.45, 2.75) is 0 Å². The second kappa shape index (κ2) is 4.32. The molecule has 0 unspecified atom stereocenters. The highest BCUT2D eigenvalue weighted by atomic mass is 16.1. The Bertz CT molecular complexity index is 1140. The molecule has 0 bridgehead atoms. The smallest absolute Gasteiger partial charge is 0.261 e. The number of rotatable bonds is 1. The van der Waals surface area contributed by atoms with Crippen LogP contribution in [0, 0.1) is 0 Å². The van der Waals surface area contributed by atoms with Crippen LogP contribution in [0.4, 0.5) is 5.82 Å². The van der Waals surface area contributed by atoms with Crippen LogP contribution in [0.5, 0.6) is 0 Å². The standard InChI is InChI=1S/C15H11N5O2/c16-14-12-13(8-4-1-2-5-9(8)17-15(12)22)19-20(14)10-6-3-7-11(21)18-10/h1-7H,16H2,(H,17,22)(H,18,21). The van der Waals surface area contributed by atoms with E-state index in [9.17, 15) is 9.59 Å². The van der Waals surface area contributed by atoms with E-state index < -0.39 is 0 Å². The molecule has 0 aliphatic rings. The van der Waals surface area contributed by atoms with Crippen molar-refractivity contribution in [3.63, 3.8) is 0 Å². The Kier molecular flexibility index (Phi) is 2.43. The molecule has 1 aromatic carbocycles. The van der Waals surface area contributed by atoms with Gasteiger partial charge >= 0.3 is 0 Å². The summed E-state index contributed by atoms with van der Waals surface area (Å²) in [5.41, 5.74) is 6.68. The van der Waals surface area contributed by atoms with Gasteiger partial charge in [-0.1, -0.05) is 24.3 Å². The van der Waals surface area contributed by atoms with Gasteiger partial charge in [0, 0.05) is 11.5 Å². The van der Waals surface area contributed by atoms with Gasteiger partial charge in [0.2, 0.25) is 5.56 Å². The van der Waals surface area contributed by atoms with E-state index in [1.807, 2.05) is 18.2 Å². The first kappa shape index (κ1) is 12.4. The number of aromatic amines is 2. The molecular weight excluding hydrogens is 282 g/mol. The van der Waals surface area contributed by atoms with E-state index in [4.69, 9.17) is 5.73 Å². The molecule has 0 saturated heterocycles. The van der Waals surface area contributed by atoms with Gasteiger partial charge in [0.25, 0.3) is 5.56 Å². The van der Waals surface area contributed by atoms with Crippen molar-refractivity contribution in [3.8, 4) is 5.82 Å². The minimum absolute atomic E-state index is 0.184. The van der Waals surface area contributed by atoms with Crippen LogP contribution in [0.15, 0.2) is 52.1 Å². The maximum absolute atomic E-state index is 12.3. The Morgan fingerprint density at radius 1 is 1.00 bits per heavy atom. The van der Waals surface area contributed by atoms with Crippen molar-refractivity contribution >= 4 is 27.6 Å². The molecule has 7 heteroatoms. The number of nitrogens with one attached hydrogen (secondary N) is 2. The molecule has 22 heavy (non-hydrogen) atoms. The van der Waals surface area contributed by atoms with Crippen molar-refractivity contribution in [1.29, 1.82) is 0 Å². The van der Waals surface area contributed by atoms with Crippen molar-refractivity contribution in [2.75, 3.05) is 5.73 Å². The summed E-state index contributed by atoms with van der Waals surface area (Å²) in [6.07, 6.45) is 0. The van der Waals surface area contributed by atoms with Gasteiger partial charge in [-0.05, 0) is 12.1 Å². The number of hydrogen-bond donors (Lipinski definition) is 3. The summed E-state index contributed by atoms with van der Waals surface area (Å²) >= 11 is 0. The average molecular weight is 293 g/mol.